The van der Waals surface area contributed by atoms with Crippen LogP contribution < -0.4 is 0 Å². The Balaban J connectivity index is 1.71. The molecule has 1 aliphatic carbocycles. The quantitative estimate of drug-likeness (QED) is 0.788. The monoisotopic (exact) mass is 340 g/mol. The molecule has 0 N–H and O–H groups in total. The van der Waals surface area contributed by atoms with Crippen molar-refractivity contribution in [2.24, 2.45) is 11.3 Å². The minimum atomic E-state index is -0.745. The lowest BCUT2D eigenvalue weighted by molar-refractivity contribution is -0.134. The van der Waals surface area contributed by atoms with Crippen LogP contribution in [0.4, 0.5) is 0 Å². The molecule has 1 saturated carbocycles. The molecule has 2 atom stereocenters. The molecule has 5 nitrogen and oxygen atoms in total. The van der Waals surface area contributed by atoms with Gasteiger partial charge in [0.15, 0.2) is 5.78 Å². The second-order valence-corrected chi connectivity index (χ2v) is 7.92. The molecule has 2 aliphatic heterocycles. The first-order valence-electron chi connectivity index (χ1n) is 9.13. The summed E-state index contributed by atoms with van der Waals surface area (Å²) in [6, 6.07) is 6.77. The van der Waals surface area contributed by atoms with Crippen molar-refractivity contribution in [2.75, 3.05) is 20.1 Å². The highest BCUT2D eigenvalue weighted by Crippen LogP contribution is 2.41. The van der Waals surface area contributed by atoms with Crippen LogP contribution >= 0.6 is 0 Å². The molecule has 5 heteroatoms. The van der Waals surface area contributed by atoms with E-state index in [-0.39, 0.29) is 29.6 Å². The molecule has 0 aromatic heterocycles. The summed E-state index contributed by atoms with van der Waals surface area (Å²) in [4.78, 5) is 42.5. The average Bonchev–Trinajstić information content (AvgIpc) is 3.26. The summed E-state index contributed by atoms with van der Waals surface area (Å²) >= 11 is 0. The van der Waals surface area contributed by atoms with Crippen LogP contribution in [-0.2, 0) is 4.79 Å². The maximum Gasteiger partial charge on any atom is 0.254 e. The number of likely N-dealkylation sites (N-methyl/N-ethyl adjacent to an activating group) is 1. The van der Waals surface area contributed by atoms with Crippen LogP contribution in [0, 0.1) is 11.3 Å². The van der Waals surface area contributed by atoms with Gasteiger partial charge in [-0.25, -0.2) is 0 Å². The Hall–Kier alpha value is -2.17. The van der Waals surface area contributed by atoms with Crippen LogP contribution in [0.3, 0.4) is 0 Å². The minimum Gasteiger partial charge on any atom is -0.339 e. The zero-order valence-corrected chi connectivity index (χ0v) is 14.8. The smallest absolute Gasteiger partial charge is 0.254 e. The standard InChI is InChI=1S/C20H24N2O3/c1-20-12-22(18(24)13-7-3-4-8-13)11-16(20)21(2)19(25)15-10-6-5-9-14(15)17(20)23/h5-6,9-10,13,16H,3-4,7-8,11-12H2,1-2H3/t16-,20+/m1/s1. The van der Waals surface area contributed by atoms with Gasteiger partial charge in [0.05, 0.1) is 17.0 Å². The molecule has 4 rings (SSSR count). The predicted molar refractivity (Wildman–Crippen MR) is 93.3 cm³/mol. The molecule has 132 valence electrons. The second-order valence-electron chi connectivity index (χ2n) is 7.92. The lowest BCUT2D eigenvalue weighted by atomic mass is 9.78. The summed E-state index contributed by atoms with van der Waals surface area (Å²) in [6.45, 7) is 2.76. The zero-order valence-electron chi connectivity index (χ0n) is 14.8. The Morgan fingerprint density at radius 2 is 1.76 bits per heavy atom. The molecule has 0 spiro atoms. The highest BCUT2D eigenvalue weighted by molar-refractivity contribution is 6.12. The zero-order chi connectivity index (χ0) is 17.8. The normalized spacial score (nSPS) is 29.6. The van der Waals surface area contributed by atoms with E-state index in [9.17, 15) is 14.4 Å². The maximum atomic E-state index is 13.3. The summed E-state index contributed by atoms with van der Waals surface area (Å²) in [7, 11) is 1.75. The van der Waals surface area contributed by atoms with E-state index in [2.05, 4.69) is 0 Å². The van der Waals surface area contributed by atoms with Crippen LogP contribution in [0.25, 0.3) is 0 Å². The number of nitrogens with zero attached hydrogens (tertiary/aromatic N) is 2. The largest absolute Gasteiger partial charge is 0.339 e. The molecule has 25 heavy (non-hydrogen) atoms. The van der Waals surface area contributed by atoms with Crippen molar-refractivity contribution in [1.29, 1.82) is 0 Å². The molecule has 2 amide bonds. The first-order chi connectivity index (χ1) is 11.9. The molecule has 1 aromatic rings. The number of benzene rings is 1. The van der Waals surface area contributed by atoms with E-state index in [0.29, 0.717) is 24.2 Å². The van der Waals surface area contributed by atoms with E-state index >= 15 is 0 Å². The number of hydrogen-bond donors (Lipinski definition) is 0. The number of rotatable bonds is 1. The Bertz CT molecular complexity index is 753. The number of carbonyl (C=O) groups is 3. The van der Waals surface area contributed by atoms with Gasteiger partial charge in [-0.1, -0.05) is 31.0 Å². The number of Topliss-reactive ketones (excluding diaryl/α,β-unsaturated/α-hetero) is 1. The van der Waals surface area contributed by atoms with Gasteiger partial charge in [-0.2, -0.15) is 0 Å². The molecular formula is C20H24N2O3. The van der Waals surface area contributed by atoms with E-state index in [1.807, 2.05) is 11.8 Å². The van der Waals surface area contributed by atoms with Gasteiger partial charge in [-0.3, -0.25) is 14.4 Å². The second kappa shape index (κ2) is 5.68. The van der Waals surface area contributed by atoms with Crippen LogP contribution in [0.15, 0.2) is 24.3 Å². The number of hydrogen-bond acceptors (Lipinski definition) is 3. The van der Waals surface area contributed by atoms with Gasteiger partial charge in [-0.15, -0.1) is 0 Å². The predicted octanol–water partition coefficient (Wildman–Crippen LogP) is 2.36. The first-order valence-corrected chi connectivity index (χ1v) is 9.13. The molecule has 1 aromatic carbocycles. The van der Waals surface area contributed by atoms with E-state index in [1.165, 1.54) is 0 Å². The van der Waals surface area contributed by atoms with Gasteiger partial charge >= 0.3 is 0 Å². The van der Waals surface area contributed by atoms with Crippen LogP contribution in [0.2, 0.25) is 0 Å². The number of fused-ring (bicyclic) bond motifs is 2. The van der Waals surface area contributed by atoms with E-state index in [4.69, 9.17) is 0 Å². The molecule has 3 aliphatic rings. The first kappa shape index (κ1) is 16.3. The summed E-state index contributed by atoms with van der Waals surface area (Å²) in [5.74, 6) is 0.100. The van der Waals surface area contributed by atoms with Crippen LogP contribution in [0.1, 0.15) is 53.3 Å². The van der Waals surface area contributed by atoms with Crippen molar-refractivity contribution in [1.82, 2.24) is 9.80 Å². The van der Waals surface area contributed by atoms with Gasteiger partial charge in [0.1, 0.15) is 0 Å². The third-order valence-electron chi connectivity index (χ3n) is 6.37. The Kier molecular flexibility index (Phi) is 3.71. The fraction of sp³-hybridized carbons (Fsp3) is 0.550. The van der Waals surface area contributed by atoms with Crippen molar-refractivity contribution in [2.45, 2.75) is 38.6 Å². The Morgan fingerprint density at radius 1 is 1.12 bits per heavy atom. The van der Waals surface area contributed by atoms with Gasteiger partial charge in [0.2, 0.25) is 5.91 Å². The van der Waals surface area contributed by atoms with Gasteiger partial charge in [0, 0.05) is 31.6 Å². The molecule has 2 fully saturated rings. The highest BCUT2D eigenvalue weighted by Gasteiger charge is 2.55. The summed E-state index contributed by atoms with van der Waals surface area (Å²) in [5.41, 5.74) is 0.212. The fourth-order valence-corrected chi connectivity index (χ4v) is 4.86. The average molecular weight is 340 g/mol. The van der Waals surface area contributed by atoms with Crippen LogP contribution in [-0.4, -0.2) is 53.6 Å². The lowest BCUT2D eigenvalue weighted by Crippen LogP contribution is -2.48. The van der Waals surface area contributed by atoms with Crippen molar-refractivity contribution in [3.05, 3.63) is 35.4 Å². The van der Waals surface area contributed by atoms with Crippen molar-refractivity contribution in [3.63, 3.8) is 0 Å². The number of likely N-dealkylation sites (tertiary alicyclic amines) is 1. The SMILES string of the molecule is CN1C(=O)c2ccccc2C(=O)[C@@]2(C)CN(C(=O)C3CCCC3)C[C@@H]12. The third kappa shape index (κ3) is 2.32. The molecule has 1 saturated heterocycles. The molecule has 0 radical (unpaired) electrons. The number of amides is 2. The fourth-order valence-electron chi connectivity index (χ4n) is 4.86. The molecule has 2 heterocycles. The van der Waals surface area contributed by atoms with Gasteiger partial charge in [-0.05, 0) is 25.8 Å². The van der Waals surface area contributed by atoms with E-state index in [1.54, 1.807) is 36.2 Å². The Morgan fingerprint density at radius 3 is 2.44 bits per heavy atom. The van der Waals surface area contributed by atoms with Crippen molar-refractivity contribution < 1.29 is 14.4 Å². The number of carbonyl (C=O) groups excluding carboxylic acids is 3. The van der Waals surface area contributed by atoms with E-state index < -0.39 is 5.41 Å². The molecule has 0 unspecified atom stereocenters. The van der Waals surface area contributed by atoms with Crippen molar-refractivity contribution in [3.8, 4) is 0 Å². The van der Waals surface area contributed by atoms with Crippen LogP contribution in [0.5, 0.6) is 0 Å². The Labute approximate surface area is 148 Å². The topological polar surface area (TPSA) is 57.7 Å². The van der Waals surface area contributed by atoms with Crippen molar-refractivity contribution >= 4 is 17.6 Å². The van der Waals surface area contributed by atoms with Gasteiger partial charge in [0.25, 0.3) is 5.91 Å². The summed E-state index contributed by atoms with van der Waals surface area (Å²) < 4.78 is 0. The van der Waals surface area contributed by atoms with E-state index in [0.717, 1.165) is 25.7 Å². The maximum absolute atomic E-state index is 13.3. The summed E-state index contributed by atoms with van der Waals surface area (Å²) in [6.07, 6.45) is 4.11. The lowest BCUT2D eigenvalue weighted by Gasteiger charge is -2.32. The minimum absolute atomic E-state index is 0.0208. The summed E-state index contributed by atoms with van der Waals surface area (Å²) in [5, 5.41) is 0. The highest BCUT2D eigenvalue weighted by atomic mass is 16.2. The van der Waals surface area contributed by atoms with Gasteiger partial charge < -0.3 is 9.80 Å². The third-order valence-corrected chi connectivity index (χ3v) is 6.37. The molecule has 0 bridgehead atoms. The molecular weight excluding hydrogens is 316 g/mol. The number of ketones is 1.